The number of halogens is 12. The Balaban J connectivity index is 0.000000337. The molecule has 5 aliphatic rings. The number of carbonyl (C=O) groups is 2. The number of fused-ring (bicyclic) bond motifs is 16. The van der Waals surface area contributed by atoms with Crippen LogP contribution in [-0.2, 0) is 64.2 Å². The van der Waals surface area contributed by atoms with Crippen LogP contribution in [0.5, 0.6) is 23.0 Å². The van der Waals surface area contributed by atoms with Crippen molar-refractivity contribution in [2.24, 2.45) is 0 Å². The maximum atomic E-state index is 13.0. The molecule has 5 aromatic rings. The van der Waals surface area contributed by atoms with Gasteiger partial charge in [-0.3, -0.25) is 0 Å². The molecule has 0 spiro atoms. The largest absolute Gasteiger partial charge is 0.487 e. The van der Waals surface area contributed by atoms with Gasteiger partial charge in [-0.05, 0) is 59.7 Å². The smallest absolute Gasteiger partial charge is 0.357 e. The normalized spacial score (nSPS) is 18.5. The number of nitrogens with zero attached hydrogens (tertiary/aromatic N) is 3. The van der Waals surface area contributed by atoms with Crippen molar-refractivity contribution in [3.8, 4) is 34.4 Å². The third-order valence-corrected chi connectivity index (χ3v) is 10.1. The molecule has 0 fully saturated rings. The minimum absolute atomic E-state index is 0.0476. The predicted molar refractivity (Wildman–Crippen MR) is 262 cm³/mol. The van der Waals surface area contributed by atoms with Gasteiger partial charge in [-0.2, -0.15) is 9.13 Å². The van der Waals surface area contributed by atoms with Gasteiger partial charge in [0.05, 0.1) is 79.3 Å². The summed E-state index contributed by atoms with van der Waals surface area (Å²) in [4.78, 5) is 30.1. The molecule has 8 bridgehead atoms. The molecule has 0 radical (unpaired) electrons. The number of ether oxygens (including phenoxy) is 12. The van der Waals surface area contributed by atoms with Crippen LogP contribution in [0.4, 0.5) is 50.4 Å². The predicted octanol–water partition coefficient (Wildman–Crippen LogP) is 11.1. The van der Waals surface area contributed by atoms with Crippen LogP contribution < -0.4 is 28.1 Å². The number of aromatic nitrogens is 3. The van der Waals surface area contributed by atoms with E-state index in [0.29, 0.717) is 113 Å². The van der Waals surface area contributed by atoms with Gasteiger partial charge >= 0.3 is 77.9 Å². The Hall–Kier alpha value is -6.19. The fraction of sp³-hybridized carbons (Fsp3) is 0.408. The second kappa shape index (κ2) is 28.0. The Morgan fingerprint density at radius 2 is 0.650 bits per heavy atom. The van der Waals surface area contributed by atoms with Crippen LogP contribution in [0.1, 0.15) is 32.1 Å². The van der Waals surface area contributed by atoms with Crippen LogP contribution in [-0.4, -0.2) is 123 Å². The SMILES string of the molecule is F[P-](F)(F)(F)(F)F.F[P-](F)(F)(F)(F)F.O=C1OCc2ccc3c(c2)OCCOCCOCCOCCOc2cc(ccc2OCCOCCOCCOCCO3)COC(=O)c2cccc1n2.c1cc[n+]2c(c1)-c1cccc[n+]1CC2. The van der Waals surface area contributed by atoms with E-state index in [9.17, 15) is 60.0 Å². The molecule has 5 aliphatic heterocycles. The molecule has 0 N–H and O–H groups in total. The Morgan fingerprint density at radius 1 is 0.350 bits per heavy atom. The summed E-state index contributed by atoms with van der Waals surface area (Å²) in [6.45, 7) is 7.38. The fourth-order valence-corrected chi connectivity index (χ4v) is 6.81. The molecule has 0 aliphatic carbocycles. The van der Waals surface area contributed by atoms with Crippen LogP contribution in [0.15, 0.2) is 103 Å². The molecule has 31 heteroatoms. The number of benzene rings is 2. The second-order valence-corrected chi connectivity index (χ2v) is 20.5. The molecular formula is C49H57F12N3O14P2. The molecule has 8 heterocycles. The third kappa shape index (κ3) is 29.3. The van der Waals surface area contributed by atoms with Crippen LogP contribution in [0.3, 0.4) is 0 Å². The zero-order valence-electron chi connectivity index (χ0n) is 42.4. The van der Waals surface area contributed by atoms with Crippen LogP contribution in [0.25, 0.3) is 11.4 Å². The molecule has 3 aromatic heterocycles. The summed E-state index contributed by atoms with van der Waals surface area (Å²) in [5, 5.41) is 0. The summed E-state index contributed by atoms with van der Waals surface area (Å²) >= 11 is 0. The maximum absolute atomic E-state index is 13.0. The van der Waals surface area contributed by atoms with Crippen LogP contribution >= 0.6 is 15.6 Å². The van der Waals surface area contributed by atoms with E-state index < -0.39 is 27.6 Å². The molecule has 80 heavy (non-hydrogen) atoms. The number of aryl methyl sites for hydroxylation is 2. The molecule has 0 saturated heterocycles. The van der Waals surface area contributed by atoms with E-state index in [2.05, 4.69) is 62.9 Å². The van der Waals surface area contributed by atoms with E-state index in [4.69, 9.17) is 56.8 Å². The monoisotopic (exact) mass is 1200 g/mol. The third-order valence-electron chi connectivity index (χ3n) is 10.1. The van der Waals surface area contributed by atoms with Gasteiger partial charge in [0.25, 0.3) is 11.4 Å². The first-order chi connectivity index (χ1) is 37.5. The Labute approximate surface area is 449 Å². The van der Waals surface area contributed by atoms with E-state index in [1.807, 2.05) is 0 Å². The number of carbonyl (C=O) groups excluding carboxylic acids is 2. The van der Waals surface area contributed by atoms with E-state index in [1.54, 1.807) is 36.4 Å². The van der Waals surface area contributed by atoms with Gasteiger partial charge in [0.2, 0.25) is 13.1 Å². The Morgan fingerprint density at radius 3 is 0.975 bits per heavy atom. The van der Waals surface area contributed by atoms with Crippen LogP contribution in [0, 0.1) is 0 Å². The van der Waals surface area contributed by atoms with Gasteiger partial charge in [0, 0.05) is 24.3 Å². The van der Waals surface area contributed by atoms with E-state index in [-0.39, 0.29) is 51.0 Å². The van der Waals surface area contributed by atoms with Crippen molar-refractivity contribution in [2.45, 2.75) is 26.3 Å². The molecule has 2 aromatic carbocycles. The molecule has 0 atom stereocenters. The fourth-order valence-electron chi connectivity index (χ4n) is 6.81. The topological polar surface area (TPSA) is 166 Å². The van der Waals surface area contributed by atoms with Crippen molar-refractivity contribution in [1.29, 1.82) is 0 Å². The Kier molecular flexibility index (Phi) is 22.6. The zero-order valence-corrected chi connectivity index (χ0v) is 44.2. The first-order valence-corrected chi connectivity index (χ1v) is 28.2. The van der Waals surface area contributed by atoms with Gasteiger partial charge in [-0.25, -0.2) is 14.6 Å². The molecule has 0 amide bonds. The van der Waals surface area contributed by atoms with Crippen molar-refractivity contribution < 1.29 is 126 Å². The average molecular weight is 1200 g/mol. The molecule has 446 valence electrons. The number of hydrogen-bond donors (Lipinski definition) is 0. The first kappa shape index (κ1) is 64.6. The Bertz CT molecular complexity index is 2590. The van der Waals surface area contributed by atoms with Gasteiger partial charge in [-0.1, -0.05) is 18.2 Å². The zero-order chi connectivity index (χ0) is 58.3. The quantitative estimate of drug-likeness (QED) is 0.0472. The van der Waals surface area contributed by atoms with Crippen molar-refractivity contribution in [1.82, 2.24) is 4.98 Å². The number of rotatable bonds is 0. The van der Waals surface area contributed by atoms with Gasteiger partial charge in [0.1, 0.15) is 51.0 Å². The summed E-state index contributed by atoms with van der Waals surface area (Å²) in [6.07, 6.45) is 4.29. The van der Waals surface area contributed by atoms with Crippen LogP contribution in [0.2, 0.25) is 0 Å². The summed E-state index contributed by atoms with van der Waals surface area (Å²) in [6, 6.07) is 27.6. The van der Waals surface area contributed by atoms with E-state index in [0.717, 1.165) is 13.1 Å². The van der Waals surface area contributed by atoms with E-state index in [1.165, 1.54) is 29.6 Å². The summed E-state index contributed by atoms with van der Waals surface area (Å²) in [5.74, 6) is 0.442. The van der Waals surface area contributed by atoms with Crippen molar-refractivity contribution in [3.63, 3.8) is 0 Å². The first-order valence-electron chi connectivity index (χ1n) is 24.2. The molecule has 17 nitrogen and oxygen atoms in total. The minimum atomic E-state index is -10.7. The summed E-state index contributed by atoms with van der Waals surface area (Å²) in [5.41, 5.74) is 3.81. The van der Waals surface area contributed by atoms with E-state index >= 15 is 0 Å². The summed E-state index contributed by atoms with van der Waals surface area (Å²) in [7, 11) is -21.3. The van der Waals surface area contributed by atoms with Crippen molar-refractivity contribution in [3.05, 3.63) is 126 Å². The number of hydrogen-bond acceptors (Lipinski definition) is 15. The molecule has 10 rings (SSSR count). The second-order valence-electron chi connectivity index (χ2n) is 16.7. The van der Waals surface area contributed by atoms with Gasteiger partial charge < -0.3 is 56.8 Å². The average Bonchev–Trinajstić information content (AvgIpc) is 3.38. The van der Waals surface area contributed by atoms with Gasteiger partial charge in [0.15, 0.2) is 35.4 Å². The van der Waals surface area contributed by atoms with Gasteiger partial charge in [-0.15, -0.1) is 0 Å². The maximum Gasteiger partial charge on any atom is 0.357 e. The summed E-state index contributed by atoms with van der Waals surface area (Å²) < 4.78 is 192. The minimum Gasteiger partial charge on any atom is -0.487 e. The number of esters is 2. The molecular weight excluding hydrogens is 1140 g/mol. The molecule has 0 saturated carbocycles. The van der Waals surface area contributed by atoms with Crippen molar-refractivity contribution in [2.75, 3.05) is 106 Å². The standard InChI is InChI=1S/C37H45NO14.C12H12N2.2F6P/c39-36-30-2-1-3-31(38-30)37(40)52-27-29-5-7-33-35(25-29)50-23-19-46-15-11-42-10-14-45-18-22-49-34-24-28(26-51-36)4-6-32(34)47-20-16-43-12-8-41-9-13-44-17-21-48-33;1-3-7-13-9-10-14-8-4-2-6-12(14)11(13)5-1;2*1-7(2,3,4,5)6/h1-7,24-25H,8-23,26-27H2;1-8H,9-10H2;;/q;+2;2*-1. The van der Waals surface area contributed by atoms with Crippen molar-refractivity contribution >= 4 is 27.6 Å². The number of pyridine rings is 3. The molecule has 0 unspecified atom stereocenters.